The number of hydrogen-bond donors (Lipinski definition) is 2. The molecule has 0 radical (unpaired) electrons. The van der Waals surface area contributed by atoms with Gasteiger partial charge in [0.1, 0.15) is 6.54 Å². The number of likely N-dealkylation sites (tertiary alicyclic amines) is 1. The first-order valence-corrected chi connectivity index (χ1v) is 7.79. The average Bonchev–Trinajstić information content (AvgIpc) is 2.63. The first kappa shape index (κ1) is 16.5. The van der Waals surface area contributed by atoms with E-state index in [0.29, 0.717) is 12.8 Å². The molecule has 0 atom stereocenters. The van der Waals surface area contributed by atoms with Gasteiger partial charge >= 0.3 is 6.03 Å². The summed E-state index contributed by atoms with van der Waals surface area (Å²) in [6.45, 7) is 3.15. The van der Waals surface area contributed by atoms with Crippen LogP contribution in [0.3, 0.4) is 0 Å². The van der Waals surface area contributed by atoms with Gasteiger partial charge in [-0.25, -0.2) is 4.79 Å². The number of rotatable bonds is 3. The van der Waals surface area contributed by atoms with Gasteiger partial charge in [-0.3, -0.25) is 24.6 Å². The highest BCUT2D eigenvalue weighted by Gasteiger charge is 2.51. The summed E-state index contributed by atoms with van der Waals surface area (Å²) < 4.78 is 0. The van der Waals surface area contributed by atoms with Gasteiger partial charge in [0.25, 0.3) is 0 Å². The highest BCUT2D eigenvalue weighted by Crippen LogP contribution is 2.45. The lowest BCUT2D eigenvalue weighted by Gasteiger charge is -2.30. The van der Waals surface area contributed by atoms with Crippen molar-refractivity contribution in [3.63, 3.8) is 0 Å². The highest BCUT2D eigenvalue weighted by molar-refractivity contribution is 6.09. The van der Waals surface area contributed by atoms with Crippen molar-refractivity contribution in [2.75, 3.05) is 6.54 Å². The molecule has 2 aliphatic rings. The van der Waals surface area contributed by atoms with Gasteiger partial charge in [-0.1, -0.05) is 19.3 Å². The largest absolute Gasteiger partial charge is 0.336 e. The molecule has 0 aromatic carbocycles. The second kappa shape index (κ2) is 6.46. The fourth-order valence-corrected chi connectivity index (χ4v) is 3.25. The molecule has 1 saturated heterocycles. The van der Waals surface area contributed by atoms with E-state index >= 15 is 0 Å². The molecule has 7 nitrogen and oxygen atoms in total. The van der Waals surface area contributed by atoms with E-state index in [2.05, 4.69) is 10.6 Å². The lowest BCUT2D eigenvalue weighted by atomic mass is 9.73. The van der Waals surface area contributed by atoms with E-state index in [9.17, 15) is 19.2 Å². The Balaban J connectivity index is 1.95. The number of carbonyl (C=O) groups excluding carboxylic acids is 4. The lowest BCUT2D eigenvalue weighted by Crippen LogP contribution is -2.48. The van der Waals surface area contributed by atoms with Crippen LogP contribution < -0.4 is 10.6 Å². The quantitative estimate of drug-likeness (QED) is 0.758. The second-order valence-electron chi connectivity index (χ2n) is 6.48. The monoisotopic (exact) mass is 309 g/mol. The van der Waals surface area contributed by atoms with E-state index in [0.717, 1.165) is 24.2 Å². The van der Waals surface area contributed by atoms with Crippen LogP contribution in [0.5, 0.6) is 0 Å². The number of hydrogen-bond acceptors (Lipinski definition) is 4. The number of nitrogens with zero attached hydrogens (tertiary/aromatic N) is 1. The number of urea groups is 1. The molecule has 2 fully saturated rings. The molecular weight excluding hydrogens is 286 g/mol. The minimum atomic E-state index is -0.646. The molecule has 5 amide bonds. The van der Waals surface area contributed by atoms with Crippen LogP contribution in [0.15, 0.2) is 0 Å². The summed E-state index contributed by atoms with van der Waals surface area (Å²) in [5.74, 6) is -1.21. The molecule has 0 bridgehead atoms. The topological polar surface area (TPSA) is 95.6 Å². The molecule has 1 aliphatic carbocycles. The van der Waals surface area contributed by atoms with Crippen molar-refractivity contribution in [1.82, 2.24) is 15.5 Å². The van der Waals surface area contributed by atoms with Gasteiger partial charge in [0, 0.05) is 12.5 Å². The highest BCUT2D eigenvalue weighted by atomic mass is 16.2. The van der Waals surface area contributed by atoms with Crippen LogP contribution in [0.2, 0.25) is 0 Å². The molecule has 22 heavy (non-hydrogen) atoms. The van der Waals surface area contributed by atoms with Crippen molar-refractivity contribution in [1.29, 1.82) is 0 Å². The van der Waals surface area contributed by atoms with Gasteiger partial charge in [-0.15, -0.1) is 0 Å². The molecule has 0 aromatic rings. The molecule has 1 saturated carbocycles. The Labute approximate surface area is 129 Å². The maximum Gasteiger partial charge on any atom is 0.321 e. The Kier molecular flexibility index (Phi) is 4.83. The minimum Gasteiger partial charge on any atom is -0.336 e. The molecular formula is C15H23N3O4. The fourth-order valence-electron chi connectivity index (χ4n) is 3.25. The van der Waals surface area contributed by atoms with E-state index in [1.54, 1.807) is 13.8 Å². The zero-order valence-corrected chi connectivity index (χ0v) is 13.1. The predicted octanol–water partition coefficient (Wildman–Crippen LogP) is 0.930. The van der Waals surface area contributed by atoms with Crippen molar-refractivity contribution < 1.29 is 19.2 Å². The Hall–Kier alpha value is -1.92. The third kappa shape index (κ3) is 3.45. The Morgan fingerprint density at radius 3 is 2.41 bits per heavy atom. The van der Waals surface area contributed by atoms with Crippen LogP contribution in [-0.2, 0) is 14.4 Å². The number of imide groups is 2. The van der Waals surface area contributed by atoms with Gasteiger partial charge in [0.05, 0.1) is 5.41 Å². The Morgan fingerprint density at radius 2 is 1.82 bits per heavy atom. The number of carbonyl (C=O) groups is 4. The molecule has 2 rings (SSSR count). The van der Waals surface area contributed by atoms with Crippen LogP contribution in [0, 0.1) is 5.41 Å². The standard InChI is InChI=1S/C15H23N3O4/c1-10(2)16-14(22)17-11(19)9-18-12(20)8-15(13(18)21)6-4-3-5-7-15/h10H,3-9H2,1-2H3,(H2,16,17,19,22). The van der Waals surface area contributed by atoms with E-state index < -0.39 is 17.4 Å². The van der Waals surface area contributed by atoms with Crippen LogP contribution in [0.1, 0.15) is 52.4 Å². The minimum absolute atomic E-state index is 0.103. The first-order chi connectivity index (χ1) is 10.3. The molecule has 0 aromatic heterocycles. The van der Waals surface area contributed by atoms with Crippen LogP contribution in [-0.4, -0.2) is 41.2 Å². The zero-order valence-electron chi connectivity index (χ0n) is 13.1. The van der Waals surface area contributed by atoms with Gasteiger partial charge in [-0.05, 0) is 26.7 Å². The Morgan fingerprint density at radius 1 is 1.18 bits per heavy atom. The van der Waals surface area contributed by atoms with Crippen molar-refractivity contribution in [2.45, 2.75) is 58.4 Å². The summed E-state index contributed by atoms with van der Waals surface area (Å²) >= 11 is 0. The van der Waals surface area contributed by atoms with Crippen molar-refractivity contribution in [3.8, 4) is 0 Å². The summed E-state index contributed by atoms with van der Waals surface area (Å²) in [6, 6.07) is -0.722. The van der Waals surface area contributed by atoms with Crippen molar-refractivity contribution in [3.05, 3.63) is 0 Å². The third-order valence-corrected chi connectivity index (χ3v) is 4.27. The summed E-state index contributed by atoms with van der Waals surface area (Å²) in [4.78, 5) is 48.9. The smallest absolute Gasteiger partial charge is 0.321 e. The van der Waals surface area contributed by atoms with Crippen molar-refractivity contribution in [2.24, 2.45) is 5.41 Å². The maximum atomic E-state index is 12.5. The van der Waals surface area contributed by atoms with Gasteiger partial charge < -0.3 is 5.32 Å². The lowest BCUT2D eigenvalue weighted by molar-refractivity contribution is -0.145. The molecule has 7 heteroatoms. The molecule has 122 valence electrons. The molecule has 1 aliphatic heterocycles. The summed E-state index contributed by atoms with van der Waals surface area (Å²) in [5, 5.41) is 4.65. The second-order valence-corrected chi connectivity index (χ2v) is 6.48. The Bertz CT molecular complexity index is 495. The number of nitrogens with one attached hydrogen (secondary N) is 2. The van der Waals surface area contributed by atoms with Crippen LogP contribution in [0.4, 0.5) is 4.79 Å². The normalized spacial score (nSPS) is 20.6. The van der Waals surface area contributed by atoms with Crippen molar-refractivity contribution >= 4 is 23.8 Å². The van der Waals surface area contributed by atoms with E-state index in [4.69, 9.17) is 0 Å². The van der Waals surface area contributed by atoms with Crippen LogP contribution in [0.25, 0.3) is 0 Å². The SMILES string of the molecule is CC(C)NC(=O)NC(=O)CN1C(=O)CC2(CCCCC2)C1=O. The van der Waals surface area contributed by atoms with E-state index in [1.165, 1.54) is 0 Å². The first-order valence-electron chi connectivity index (χ1n) is 7.79. The molecule has 1 heterocycles. The third-order valence-electron chi connectivity index (χ3n) is 4.27. The number of amides is 5. The van der Waals surface area contributed by atoms with E-state index in [-0.39, 0.29) is 30.8 Å². The van der Waals surface area contributed by atoms with Gasteiger partial charge in [0.2, 0.25) is 17.7 Å². The predicted molar refractivity (Wildman–Crippen MR) is 78.7 cm³/mol. The fraction of sp³-hybridized carbons (Fsp3) is 0.733. The summed E-state index contributed by atoms with van der Waals surface area (Å²) in [5.41, 5.74) is -0.601. The van der Waals surface area contributed by atoms with E-state index in [1.807, 2.05) is 0 Å². The van der Waals surface area contributed by atoms with Gasteiger partial charge in [0.15, 0.2) is 0 Å². The summed E-state index contributed by atoms with van der Waals surface area (Å²) in [6.07, 6.45) is 4.58. The maximum absolute atomic E-state index is 12.5. The summed E-state index contributed by atoms with van der Waals surface area (Å²) in [7, 11) is 0. The average molecular weight is 309 g/mol. The molecule has 2 N–H and O–H groups in total. The molecule has 1 spiro atoms. The van der Waals surface area contributed by atoms with Gasteiger partial charge in [-0.2, -0.15) is 0 Å². The zero-order chi connectivity index (χ0) is 16.3. The van der Waals surface area contributed by atoms with Crippen LogP contribution >= 0.6 is 0 Å². The molecule has 0 unspecified atom stereocenters.